The number of ether oxygens (including phenoxy) is 1. The van der Waals surface area contributed by atoms with Crippen molar-refractivity contribution in [2.45, 2.75) is 19.3 Å². The normalized spacial score (nSPS) is 14.2. The number of fused-ring (bicyclic) bond motifs is 2. The molecule has 2 atom stereocenters. The summed E-state index contributed by atoms with van der Waals surface area (Å²) in [5, 5.41) is 7.64. The van der Waals surface area contributed by atoms with Gasteiger partial charge in [-0.15, -0.1) is 0 Å². The summed E-state index contributed by atoms with van der Waals surface area (Å²) in [6.45, 7) is 12.6. The Labute approximate surface area is 275 Å². The molecule has 1 heterocycles. The van der Waals surface area contributed by atoms with E-state index in [0.29, 0.717) is 0 Å². The number of hydrogen-bond acceptors (Lipinski definition) is 1. The summed E-state index contributed by atoms with van der Waals surface area (Å²) in [5.41, 5.74) is 4.42. The summed E-state index contributed by atoms with van der Waals surface area (Å²) < 4.78 is 7.31. The fraction of sp³-hybridized carbons (Fsp3) is 0.0698. The molecule has 0 saturated carbocycles. The molecule has 0 saturated heterocycles. The van der Waals surface area contributed by atoms with Crippen LogP contribution in [0.3, 0.4) is 0 Å². The molecule has 0 spiro atoms. The van der Waals surface area contributed by atoms with E-state index in [4.69, 9.17) is 4.74 Å². The summed E-state index contributed by atoms with van der Waals surface area (Å²) in [6, 6.07) is 52.9. The third-order valence-electron chi connectivity index (χ3n) is 8.82. The van der Waals surface area contributed by atoms with Crippen LogP contribution < -0.4 is 36.6 Å². The van der Waals surface area contributed by atoms with Crippen LogP contribution in [-0.2, 0) is 5.41 Å². The molecule has 0 amide bonds. The molecule has 0 fully saturated rings. The maximum Gasteiger partial charge on any atom is 0.139 e. The molecular weight excluding hydrogens is 594 g/mol. The van der Waals surface area contributed by atoms with Crippen LogP contribution in [0.5, 0.6) is 11.5 Å². The Bertz CT molecular complexity index is 1860. The topological polar surface area (TPSA) is 9.23 Å². The van der Waals surface area contributed by atoms with E-state index in [1.165, 1.54) is 43.0 Å². The third kappa shape index (κ3) is 5.45. The monoisotopic (exact) mass is 630 g/mol. The van der Waals surface area contributed by atoms with Crippen LogP contribution in [0, 0.1) is 0 Å². The van der Waals surface area contributed by atoms with Gasteiger partial charge in [-0.3, -0.25) is 0 Å². The van der Waals surface area contributed by atoms with Gasteiger partial charge in [0.05, 0.1) is 0 Å². The Balaban J connectivity index is 1.44. The van der Waals surface area contributed by atoms with E-state index in [1.54, 1.807) is 0 Å². The summed E-state index contributed by atoms with van der Waals surface area (Å²) in [4.78, 5) is 0. The van der Waals surface area contributed by atoms with Crippen LogP contribution >= 0.6 is 15.8 Å². The summed E-state index contributed by atoms with van der Waals surface area (Å²) in [7, 11) is -1.78. The second-order valence-electron chi connectivity index (χ2n) is 12.0. The number of para-hydroxylation sites is 2. The zero-order chi connectivity index (χ0) is 31.7. The molecule has 0 radical (unpaired) electrons. The summed E-state index contributed by atoms with van der Waals surface area (Å²) in [5.74, 6) is 1.97. The zero-order valence-electron chi connectivity index (χ0n) is 26.2. The Morgan fingerprint density at radius 1 is 0.457 bits per heavy atom. The van der Waals surface area contributed by atoms with E-state index < -0.39 is 15.8 Å². The van der Waals surface area contributed by atoms with Gasteiger partial charge in [-0.25, -0.2) is 0 Å². The molecule has 6 aromatic carbocycles. The smallest absolute Gasteiger partial charge is 0.139 e. The highest BCUT2D eigenvalue weighted by atomic mass is 31.1. The lowest BCUT2D eigenvalue weighted by Gasteiger charge is -2.38. The standard InChI is InChI=1S/C43H36OP2/c1-5-31-23-27-35(28-24-31)45(33-15-9-7-10-16-33)39-21-13-19-37-41(39)44-42-38(43(37,3)4)20-14-22-40(42)46(34-17-11-8-12-18-34)36-29-25-32(6-2)26-30-36/h5-30H,1-2H2,3-4H3. The van der Waals surface area contributed by atoms with Crippen LogP contribution in [0.1, 0.15) is 36.1 Å². The first-order chi connectivity index (χ1) is 22.5. The van der Waals surface area contributed by atoms with Gasteiger partial charge in [0.2, 0.25) is 0 Å². The van der Waals surface area contributed by atoms with E-state index in [-0.39, 0.29) is 5.41 Å². The van der Waals surface area contributed by atoms with Crippen molar-refractivity contribution >= 4 is 59.8 Å². The van der Waals surface area contributed by atoms with E-state index in [2.05, 4.69) is 173 Å². The molecule has 1 aliphatic heterocycles. The Hall–Kier alpha value is -4.54. The molecule has 1 aliphatic rings. The second kappa shape index (κ2) is 12.7. The molecule has 0 aromatic heterocycles. The summed E-state index contributed by atoms with van der Waals surface area (Å²) >= 11 is 0. The van der Waals surface area contributed by atoms with Crippen LogP contribution in [0.15, 0.2) is 159 Å². The number of rotatable bonds is 8. The first-order valence-corrected chi connectivity index (χ1v) is 18.3. The molecule has 3 heteroatoms. The molecule has 0 N–H and O–H groups in total. The molecule has 0 aliphatic carbocycles. The van der Waals surface area contributed by atoms with Gasteiger partial charge in [0.25, 0.3) is 0 Å². The maximum atomic E-state index is 7.31. The first-order valence-electron chi connectivity index (χ1n) is 15.6. The summed E-state index contributed by atoms with van der Waals surface area (Å²) in [6.07, 6.45) is 3.80. The van der Waals surface area contributed by atoms with Gasteiger partial charge in [-0.2, -0.15) is 0 Å². The third-order valence-corrected chi connectivity index (χ3v) is 13.7. The van der Waals surface area contributed by atoms with Crippen molar-refractivity contribution in [2.75, 3.05) is 0 Å². The molecule has 46 heavy (non-hydrogen) atoms. The predicted molar refractivity (Wildman–Crippen MR) is 203 cm³/mol. The van der Waals surface area contributed by atoms with Crippen LogP contribution in [0.25, 0.3) is 12.2 Å². The van der Waals surface area contributed by atoms with Gasteiger partial charge in [-0.05, 0) is 48.2 Å². The van der Waals surface area contributed by atoms with Crippen LogP contribution in [0.2, 0.25) is 0 Å². The predicted octanol–water partition coefficient (Wildman–Crippen LogP) is 8.92. The molecule has 1 nitrogen and oxygen atoms in total. The lowest BCUT2D eigenvalue weighted by atomic mass is 9.76. The molecular formula is C43H36OP2. The molecule has 0 bridgehead atoms. The minimum atomic E-state index is -0.890. The van der Waals surface area contributed by atoms with E-state index in [1.807, 2.05) is 12.2 Å². The minimum Gasteiger partial charge on any atom is -0.455 e. The van der Waals surface area contributed by atoms with Gasteiger partial charge in [0.1, 0.15) is 11.5 Å². The van der Waals surface area contributed by atoms with Crippen molar-refractivity contribution in [3.63, 3.8) is 0 Å². The van der Waals surface area contributed by atoms with E-state index >= 15 is 0 Å². The maximum absolute atomic E-state index is 7.31. The fourth-order valence-corrected chi connectivity index (χ4v) is 11.1. The largest absolute Gasteiger partial charge is 0.455 e. The fourth-order valence-electron chi connectivity index (χ4n) is 6.38. The number of hydrogen-bond donors (Lipinski definition) is 0. The van der Waals surface area contributed by atoms with Gasteiger partial charge < -0.3 is 4.74 Å². The molecule has 2 unspecified atom stereocenters. The van der Waals surface area contributed by atoms with Gasteiger partial charge in [0.15, 0.2) is 0 Å². The van der Waals surface area contributed by atoms with Crippen molar-refractivity contribution in [1.82, 2.24) is 0 Å². The highest BCUT2D eigenvalue weighted by molar-refractivity contribution is 7.80. The Kier molecular flexibility index (Phi) is 8.31. The number of benzene rings is 6. The Morgan fingerprint density at radius 3 is 1.20 bits per heavy atom. The van der Waals surface area contributed by atoms with E-state index in [0.717, 1.165) is 22.6 Å². The molecule has 7 rings (SSSR count). The average molecular weight is 631 g/mol. The van der Waals surface area contributed by atoms with Crippen LogP contribution in [-0.4, -0.2) is 0 Å². The van der Waals surface area contributed by atoms with Crippen molar-refractivity contribution < 1.29 is 4.74 Å². The van der Waals surface area contributed by atoms with Gasteiger partial charge >= 0.3 is 0 Å². The van der Waals surface area contributed by atoms with Crippen molar-refractivity contribution in [3.05, 3.63) is 181 Å². The lowest BCUT2D eigenvalue weighted by Crippen LogP contribution is -2.32. The van der Waals surface area contributed by atoms with Gasteiger partial charge in [-0.1, -0.05) is 185 Å². The lowest BCUT2D eigenvalue weighted by molar-refractivity contribution is 0.425. The quantitative estimate of drug-likeness (QED) is 0.153. The molecule has 6 aromatic rings. The van der Waals surface area contributed by atoms with Crippen molar-refractivity contribution in [2.24, 2.45) is 0 Å². The highest BCUT2D eigenvalue weighted by Crippen LogP contribution is 2.52. The first kappa shape index (κ1) is 30.1. The van der Waals surface area contributed by atoms with Gasteiger partial charge in [0, 0.05) is 27.2 Å². The van der Waals surface area contributed by atoms with Crippen LogP contribution in [0.4, 0.5) is 0 Å². The highest BCUT2D eigenvalue weighted by Gasteiger charge is 2.39. The van der Waals surface area contributed by atoms with Crippen molar-refractivity contribution in [1.29, 1.82) is 0 Å². The average Bonchev–Trinajstić information content (AvgIpc) is 3.11. The van der Waals surface area contributed by atoms with E-state index in [9.17, 15) is 0 Å². The minimum absolute atomic E-state index is 0.260. The SMILES string of the molecule is C=Cc1ccc(P(c2ccccc2)c2cccc3c2Oc2c(P(c4ccccc4)c4ccc(C=C)cc4)cccc2C3(C)C)cc1. The Morgan fingerprint density at radius 2 is 0.826 bits per heavy atom. The molecule has 224 valence electrons. The second-order valence-corrected chi connectivity index (χ2v) is 16.3. The van der Waals surface area contributed by atoms with Crippen molar-refractivity contribution in [3.8, 4) is 11.5 Å². The zero-order valence-corrected chi connectivity index (χ0v) is 28.0.